The van der Waals surface area contributed by atoms with E-state index in [1.54, 1.807) is 13.1 Å². The summed E-state index contributed by atoms with van der Waals surface area (Å²) in [7, 11) is 1.79. The number of nitrogens with zero attached hydrogens (tertiary/aromatic N) is 3. The van der Waals surface area contributed by atoms with E-state index in [9.17, 15) is 4.39 Å². The number of rotatable bonds is 6. The highest BCUT2D eigenvalue weighted by Gasteiger charge is 2.24. The fraction of sp³-hybridized carbons (Fsp3) is 0.667. The van der Waals surface area contributed by atoms with Crippen molar-refractivity contribution >= 4 is 23.4 Å². The highest BCUT2D eigenvalue weighted by atomic mass is 32.2. The molecule has 156 valence electrons. The zero-order chi connectivity index (χ0) is 19.9. The Morgan fingerprint density at radius 1 is 1.25 bits per heavy atom. The van der Waals surface area contributed by atoms with Crippen LogP contribution in [0.2, 0.25) is 0 Å². The van der Waals surface area contributed by atoms with E-state index < -0.39 is 0 Å². The Balaban J connectivity index is 1.51. The number of anilines is 1. The van der Waals surface area contributed by atoms with Gasteiger partial charge >= 0.3 is 0 Å². The van der Waals surface area contributed by atoms with E-state index in [0.717, 1.165) is 55.2 Å². The van der Waals surface area contributed by atoms with Gasteiger partial charge in [0.25, 0.3) is 0 Å². The molecule has 0 radical (unpaired) electrons. The predicted molar refractivity (Wildman–Crippen MR) is 119 cm³/mol. The number of aliphatic imine (C=N–C) groups is 1. The third kappa shape index (κ3) is 5.54. The molecule has 0 amide bonds. The van der Waals surface area contributed by atoms with Crippen molar-refractivity contribution in [1.82, 2.24) is 15.5 Å². The number of nitrogens with one attached hydrogen (secondary N) is 2. The second kappa shape index (κ2) is 10.3. The van der Waals surface area contributed by atoms with Crippen molar-refractivity contribution in [3.05, 3.63) is 29.6 Å². The second-order valence-corrected chi connectivity index (χ2v) is 8.78. The number of thioether (sulfide) groups is 1. The molecule has 1 aliphatic heterocycles. The number of guanidine groups is 1. The number of piperazine rings is 1. The lowest BCUT2D eigenvalue weighted by atomic mass is 10.1. The van der Waals surface area contributed by atoms with Crippen LogP contribution in [0.25, 0.3) is 0 Å². The zero-order valence-electron chi connectivity index (χ0n) is 17.4. The van der Waals surface area contributed by atoms with Crippen molar-refractivity contribution in [2.75, 3.05) is 50.9 Å². The third-order valence-electron chi connectivity index (χ3n) is 5.91. The van der Waals surface area contributed by atoms with Gasteiger partial charge in [-0.3, -0.25) is 4.99 Å². The first-order chi connectivity index (χ1) is 13.6. The van der Waals surface area contributed by atoms with Crippen LogP contribution in [0, 0.1) is 5.82 Å². The summed E-state index contributed by atoms with van der Waals surface area (Å²) in [6.45, 7) is 7.58. The fourth-order valence-corrected chi connectivity index (χ4v) is 4.88. The van der Waals surface area contributed by atoms with Gasteiger partial charge in [0.05, 0.1) is 5.69 Å². The lowest BCUT2D eigenvalue weighted by molar-refractivity contribution is 0.270. The molecule has 0 aromatic heterocycles. The van der Waals surface area contributed by atoms with Gasteiger partial charge in [-0.15, -0.1) is 0 Å². The minimum atomic E-state index is -0.134. The lowest BCUT2D eigenvalue weighted by Gasteiger charge is -2.35. The Kier molecular flexibility index (Phi) is 7.85. The van der Waals surface area contributed by atoms with E-state index in [-0.39, 0.29) is 5.82 Å². The Morgan fingerprint density at radius 2 is 2.04 bits per heavy atom. The molecule has 0 bridgehead atoms. The Hall–Kier alpha value is -1.47. The van der Waals surface area contributed by atoms with Crippen LogP contribution >= 0.6 is 11.8 Å². The molecule has 1 aliphatic carbocycles. The first-order valence-corrected chi connectivity index (χ1v) is 11.7. The third-order valence-corrected chi connectivity index (χ3v) is 7.01. The molecule has 1 aromatic carbocycles. The molecule has 2 N–H and O–H groups in total. The number of halogens is 1. The van der Waals surface area contributed by atoms with Crippen LogP contribution in [0.15, 0.2) is 23.2 Å². The molecule has 1 aromatic rings. The quantitative estimate of drug-likeness (QED) is 0.561. The second-order valence-electron chi connectivity index (χ2n) is 7.64. The molecule has 2 fully saturated rings. The van der Waals surface area contributed by atoms with Crippen LogP contribution in [0.5, 0.6) is 0 Å². The van der Waals surface area contributed by atoms with Crippen LogP contribution in [-0.4, -0.2) is 68.2 Å². The molecule has 5 nitrogen and oxygen atoms in total. The Labute approximate surface area is 173 Å². The van der Waals surface area contributed by atoms with Crippen LogP contribution in [0.1, 0.15) is 31.7 Å². The van der Waals surface area contributed by atoms with Gasteiger partial charge in [-0.2, -0.15) is 11.8 Å². The van der Waals surface area contributed by atoms with Crippen molar-refractivity contribution in [2.45, 2.75) is 44.0 Å². The van der Waals surface area contributed by atoms with Crippen molar-refractivity contribution in [3.8, 4) is 0 Å². The highest BCUT2D eigenvalue weighted by Crippen LogP contribution is 2.28. The summed E-state index contributed by atoms with van der Waals surface area (Å²) < 4.78 is 14.7. The van der Waals surface area contributed by atoms with Crippen molar-refractivity contribution < 1.29 is 4.39 Å². The average Bonchev–Trinajstić information content (AvgIpc) is 3.19. The Bertz CT molecular complexity index is 660. The first kappa shape index (κ1) is 21.2. The van der Waals surface area contributed by atoms with Gasteiger partial charge in [0.15, 0.2) is 5.96 Å². The topological polar surface area (TPSA) is 42.9 Å². The SMILES string of the molecule is CCN1CCN(c2ccc(CNC(=NC)NC3CCC(SC)C3)cc2F)CC1. The molecular formula is C21H34FN5S. The maximum absolute atomic E-state index is 14.7. The molecule has 2 aliphatic rings. The predicted octanol–water partition coefficient (Wildman–Crippen LogP) is 2.92. The number of likely N-dealkylation sites (N-methyl/N-ethyl adjacent to an activating group) is 1. The summed E-state index contributed by atoms with van der Waals surface area (Å²) >= 11 is 1.95. The largest absolute Gasteiger partial charge is 0.367 e. The van der Waals surface area contributed by atoms with Gasteiger partial charge in [-0.25, -0.2) is 4.39 Å². The summed E-state index contributed by atoms with van der Waals surface area (Å²) in [6, 6.07) is 6.07. The Morgan fingerprint density at radius 3 is 2.64 bits per heavy atom. The maximum Gasteiger partial charge on any atom is 0.191 e. The molecular weight excluding hydrogens is 373 g/mol. The van der Waals surface area contributed by atoms with Gasteiger partial charge in [0.1, 0.15) is 5.82 Å². The van der Waals surface area contributed by atoms with E-state index in [4.69, 9.17) is 0 Å². The number of hydrogen-bond acceptors (Lipinski definition) is 4. The summed E-state index contributed by atoms with van der Waals surface area (Å²) in [5, 5.41) is 7.58. The van der Waals surface area contributed by atoms with Crippen LogP contribution in [0.3, 0.4) is 0 Å². The lowest BCUT2D eigenvalue weighted by Crippen LogP contribution is -2.46. The average molecular weight is 408 g/mol. The van der Waals surface area contributed by atoms with E-state index in [2.05, 4.69) is 38.6 Å². The molecule has 1 saturated carbocycles. The summed E-state index contributed by atoms with van der Waals surface area (Å²) in [5.74, 6) is 0.665. The maximum atomic E-state index is 14.7. The van der Waals surface area contributed by atoms with Gasteiger partial charge in [0.2, 0.25) is 0 Å². The molecule has 0 spiro atoms. The van der Waals surface area contributed by atoms with Crippen molar-refractivity contribution in [3.63, 3.8) is 0 Å². The molecule has 28 heavy (non-hydrogen) atoms. The number of benzene rings is 1. The van der Waals surface area contributed by atoms with Gasteiger partial charge < -0.3 is 20.4 Å². The van der Waals surface area contributed by atoms with Crippen LogP contribution in [-0.2, 0) is 6.54 Å². The number of hydrogen-bond donors (Lipinski definition) is 2. The van der Waals surface area contributed by atoms with E-state index in [1.807, 2.05) is 23.9 Å². The summed E-state index contributed by atoms with van der Waals surface area (Å²) in [6.07, 6.45) is 5.80. The van der Waals surface area contributed by atoms with Gasteiger partial charge in [-0.1, -0.05) is 13.0 Å². The van der Waals surface area contributed by atoms with Crippen LogP contribution in [0.4, 0.5) is 10.1 Å². The first-order valence-electron chi connectivity index (χ1n) is 10.4. The summed E-state index contributed by atoms with van der Waals surface area (Å²) in [5.41, 5.74) is 1.65. The molecule has 3 rings (SSSR count). The monoisotopic (exact) mass is 407 g/mol. The molecule has 1 heterocycles. The minimum absolute atomic E-state index is 0.134. The van der Waals surface area contributed by atoms with E-state index >= 15 is 0 Å². The van der Waals surface area contributed by atoms with Gasteiger partial charge in [0, 0.05) is 51.1 Å². The van der Waals surface area contributed by atoms with Gasteiger partial charge in [-0.05, 0) is 49.8 Å². The fourth-order valence-electron chi connectivity index (χ4n) is 4.08. The smallest absolute Gasteiger partial charge is 0.191 e. The molecule has 2 unspecified atom stereocenters. The standard InChI is InChI=1S/C21H34FN5S/c1-4-26-9-11-27(12-10-26)20-8-5-16(13-19(20)22)15-24-21(23-2)25-17-6-7-18(14-17)28-3/h5,8,13,17-18H,4,6-7,9-12,14-15H2,1-3H3,(H2,23,24,25). The summed E-state index contributed by atoms with van der Waals surface area (Å²) in [4.78, 5) is 8.88. The minimum Gasteiger partial charge on any atom is -0.367 e. The van der Waals surface area contributed by atoms with E-state index in [1.165, 1.54) is 19.3 Å². The molecule has 2 atom stereocenters. The zero-order valence-corrected chi connectivity index (χ0v) is 18.2. The van der Waals surface area contributed by atoms with Crippen LogP contribution < -0.4 is 15.5 Å². The molecule has 7 heteroatoms. The van der Waals surface area contributed by atoms with Crippen molar-refractivity contribution in [1.29, 1.82) is 0 Å². The highest BCUT2D eigenvalue weighted by molar-refractivity contribution is 7.99. The van der Waals surface area contributed by atoms with E-state index in [0.29, 0.717) is 12.6 Å². The molecule has 1 saturated heterocycles. The normalized spacial score (nSPS) is 23.9. The van der Waals surface area contributed by atoms with Crippen molar-refractivity contribution in [2.24, 2.45) is 4.99 Å².